The van der Waals surface area contributed by atoms with Gasteiger partial charge < -0.3 is 16.8 Å². The Balaban J connectivity index is 2.95. The van der Waals surface area contributed by atoms with Gasteiger partial charge >= 0.3 is 0 Å². The van der Waals surface area contributed by atoms with E-state index in [1.165, 1.54) is 19.1 Å². The number of amides is 2. The van der Waals surface area contributed by atoms with Crippen molar-refractivity contribution in [1.82, 2.24) is 5.32 Å². The highest BCUT2D eigenvalue weighted by Gasteiger charge is 2.31. The summed E-state index contributed by atoms with van der Waals surface area (Å²) in [5, 5.41) is 2.51. The van der Waals surface area contributed by atoms with Gasteiger partial charge in [0, 0.05) is 5.56 Å². The van der Waals surface area contributed by atoms with E-state index in [-0.39, 0.29) is 11.3 Å². The molecule has 98 valence electrons. The molecule has 1 unspecified atom stereocenters. The molecule has 0 aliphatic heterocycles. The van der Waals surface area contributed by atoms with Gasteiger partial charge in [0.1, 0.15) is 11.4 Å². The van der Waals surface area contributed by atoms with Crippen LogP contribution in [0.5, 0.6) is 0 Å². The summed E-state index contributed by atoms with van der Waals surface area (Å²) < 4.78 is 13.0. The zero-order chi connectivity index (χ0) is 13.9. The van der Waals surface area contributed by atoms with Crippen LogP contribution in [0.15, 0.2) is 18.2 Å². The average Bonchev–Trinajstić information content (AvgIpc) is 2.32. The van der Waals surface area contributed by atoms with E-state index in [1.54, 1.807) is 6.92 Å². The number of halogens is 1. The molecule has 0 saturated carbocycles. The molecule has 0 aromatic heterocycles. The van der Waals surface area contributed by atoms with Gasteiger partial charge in [-0.1, -0.05) is 6.92 Å². The smallest absolute Gasteiger partial charge is 0.252 e. The van der Waals surface area contributed by atoms with Crippen molar-refractivity contribution in [2.45, 2.75) is 25.8 Å². The second-order valence-electron chi connectivity index (χ2n) is 4.24. The van der Waals surface area contributed by atoms with Gasteiger partial charge in [0.05, 0.1) is 5.69 Å². The van der Waals surface area contributed by atoms with Crippen LogP contribution >= 0.6 is 0 Å². The summed E-state index contributed by atoms with van der Waals surface area (Å²) in [6, 6.07) is 3.59. The molecule has 2 amide bonds. The number of anilines is 1. The molecule has 0 aliphatic carbocycles. The van der Waals surface area contributed by atoms with Crippen molar-refractivity contribution in [3.63, 3.8) is 0 Å². The van der Waals surface area contributed by atoms with Crippen molar-refractivity contribution in [3.8, 4) is 0 Å². The molecule has 0 fully saturated rings. The molecule has 1 rings (SSSR count). The molecule has 0 saturated heterocycles. The molecule has 1 aromatic carbocycles. The number of carbonyl (C=O) groups excluding carboxylic acids is 2. The second kappa shape index (κ2) is 5.03. The maximum Gasteiger partial charge on any atom is 0.252 e. The number of carbonyl (C=O) groups is 2. The SMILES string of the molecule is CCC(C)(NC(=O)c1ccc(F)c(N)c1)C(N)=O. The Hall–Kier alpha value is -2.11. The van der Waals surface area contributed by atoms with Crippen LogP contribution < -0.4 is 16.8 Å². The van der Waals surface area contributed by atoms with E-state index in [0.717, 1.165) is 6.07 Å². The monoisotopic (exact) mass is 253 g/mol. The van der Waals surface area contributed by atoms with Gasteiger partial charge in [0.2, 0.25) is 5.91 Å². The molecule has 0 bridgehead atoms. The summed E-state index contributed by atoms with van der Waals surface area (Å²) in [4.78, 5) is 23.2. The Morgan fingerprint density at radius 1 is 1.44 bits per heavy atom. The molecule has 1 aromatic rings. The van der Waals surface area contributed by atoms with Gasteiger partial charge in [-0.3, -0.25) is 9.59 Å². The Morgan fingerprint density at radius 2 is 2.06 bits per heavy atom. The maximum absolute atomic E-state index is 13.0. The fourth-order valence-corrected chi connectivity index (χ4v) is 1.33. The van der Waals surface area contributed by atoms with Crippen molar-refractivity contribution >= 4 is 17.5 Å². The minimum Gasteiger partial charge on any atom is -0.396 e. The maximum atomic E-state index is 13.0. The van der Waals surface area contributed by atoms with Gasteiger partial charge in [-0.05, 0) is 31.5 Å². The molecular weight excluding hydrogens is 237 g/mol. The summed E-state index contributed by atoms with van der Waals surface area (Å²) in [7, 11) is 0. The van der Waals surface area contributed by atoms with Gasteiger partial charge in [-0.15, -0.1) is 0 Å². The predicted molar refractivity (Wildman–Crippen MR) is 66.2 cm³/mol. The molecule has 1 atom stereocenters. The largest absolute Gasteiger partial charge is 0.396 e. The first-order chi connectivity index (χ1) is 8.30. The fourth-order valence-electron chi connectivity index (χ4n) is 1.33. The van der Waals surface area contributed by atoms with E-state index in [0.29, 0.717) is 6.42 Å². The number of nitrogens with two attached hydrogens (primary N) is 2. The van der Waals surface area contributed by atoms with Crippen LogP contribution in [0.3, 0.4) is 0 Å². The summed E-state index contributed by atoms with van der Waals surface area (Å²) in [6.45, 7) is 3.25. The van der Waals surface area contributed by atoms with Crippen LogP contribution in [-0.2, 0) is 4.79 Å². The van der Waals surface area contributed by atoms with Crippen LogP contribution in [0.2, 0.25) is 0 Å². The first kappa shape index (κ1) is 14.0. The quantitative estimate of drug-likeness (QED) is 0.692. The number of nitrogens with one attached hydrogen (secondary N) is 1. The highest BCUT2D eigenvalue weighted by atomic mass is 19.1. The first-order valence-corrected chi connectivity index (χ1v) is 5.47. The Bertz CT molecular complexity index is 490. The number of nitrogen functional groups attached to an aromatic ring is 1. The van der Waals surface area contributed by atoms with Crippen molar-refractivity contribution in [1.29, 1.82) is 0 Å². The van der Waals surface area contributed by atoms with Crippen molar-refractivity contribution in [2.24, 2.45) is 5.73 Å². The molecule has 5 N–H and O–H groups in total. The molecule has 0 spiro atoms. The van der Waals surface area contributed by atoms with E-state index in [4.69, 9.17) is 11.5 Å². The average molecular weight is 253 g/mol. The number of benzene rings is 1. The van der Waals surface area contributed by atoms with Gasteiger partial charge in [-0.2, -0.15) is 0 Å². The standard InChI is InChI=1S/C12H16FN3O2/c1-3-12(2,11(15)18)16-10(17)7-4-5-8(13)9(14)6-7/h4-6H,3,14H2,1-2H3,(H2,15,18)(H,16,17). The number of hydrogen-bond acceptors (Lipinski definition) is 3. The fraction of sp³-hybridized carbons (Fsp3) is 0.333. The topological polar surface area (TPSA) is 98.2 Å². The zero-order valence-corrected chi connectivity index (χ0v) is 10.3. The third-order valence-corrected chi connectivity index (χ3v) is 2.90. The normalized spacial score (nSPS) is 13.7. The summed E-state index contributed by atoms with van der Waals surface area (Å²) in [5.41, 5.74) is 9.50. The van der Waals surface area contributed by atoms with Crippen LogP contribution in [0.25, 0.3) is 0 Å². The summed E-state index contributed by atoms with van der Waals surface area (Å²) in [6.07, 6.45) is 0.352. The van der Waals surface area contributed by atoms with E-state index < -0.39 is 23.2 Å². The van der Waals surface area contributed by atoms with Crippen LogP contribution in [0.1, 0.15) is 30.6 Å². The molecule has 0 radical (unpaired) electrons. The summed E-state index contributed by atoms with van der Waals surface area (Å²) >= 11 is 0. The van der Waals surface area contributed by atoms with Crippen LogP contribution in [0, 0.1) is 5.82 Å². The number of rotatable bonds is 4. The van der Waals surface area contributed by atoms with E-state index in [2.05, 4.69) is 5.32 Å². The van der Waals surface area contributed by atoms with Gasteiger partial charge in [-0.25, -0.2) is 4.39 Å². The molecule has 5 nitrogen and oxygen atoms in total. The Morgan fingerprint density at radius 3 is 2.50 bits per heavy atom. The molecule has 18 heavy (non-hydrogen) atoms. The predicted octanol–water partition coefficient (Wildman–Crippen LogP) is 0.792. The highest BCUT2D eigenvalue weighted by molar-refractivity contribution is 5.99. The molecule has 0 heterocycles. The summed E-state index contributed by atoms with van der Waals surface area (Å²) in [5.74, 6) is -1.75. The van der Waals surface area contributed by atoms with Gasteiger partial charge in [0.25, 0.3) is 5.91 Å². The van der Waals surface area contributed by atoms with Crippen molar-refractivity contribution in [3.05, 3.63) is 29.6 Å². The molecular formula is C12H16FN3O2. The zero-order valence-electron chi connectivity index (χ0n) is 10.3. The lowest BCUT2D eigenvalue weighted by molar-refractivity contribution is -0.123. The van der Waals surface area contributed by atoms with E-state index in [9.17, 15) is 14.0 Å². The number of hydrogen-bond donors (Lipinski definition) is 3. The van der Waals surface area contributed by atoms with E-state index >= 15 is 0 Å². The second-order valence-corrected chi connectivity index (χ2v) is 4.24. The third-order valence-electron chi connectivity index (χ3n) is 2.90. The highest BCUT2D eigenvalue weighted by Crippen LogP contribution is 2.14. The van der Waals surface area contributed by atoms with Gasteiger partial charge in [0.15, 0.2) is 0 Å². The molecule has 0 aliphatic rings. The third kappa shape index (κ3) is 2.77. The lowest BCUT2D eigenvalue weighted by Gasteiger charge is -2.25. The Kier molecular flexibility index (Phi) is 3.90. The van der Waals surface area contributed by atoms with Crippen LogP contribution in [0.4, 0.5) is 10.1 Å². The molecule has 6 heteroatoms. The van der Waals surface area contributed by atoms with Crippen molar-refractivity contribution in [2.75, 3.05) is 5.73 Å². The lowest BCUT2D eigenvalue weighted by Crippen LogP contribution is -2.54. The lowest BCUT2D eigenvalue weighted by atomic mass is 9.97. The Labute approximate surface area is 104 Å². The minimum atomic E-state index is -1.14. The number of primary amides is 1. The van der Waals surface area contributed by atoms with Crippen LogP contribution in [-0.4, -0.2) is 17.4 Å². The van der Waals surface area contributed by atoms with Crippen molar-refractivity contribution < 1.29 is 14.0 Å². The van der Waals surface area contributed by atoms with E-state index in [1.807, 2.05) is 0 Å². The first-order valence-electron chi connectivity index (χ1n) is 5.47. The minimum absolute atomic E-state index is 0.125.